The Morgan fingerprint density at radius 3 is 2.77 bits per heavy atom. The largest absolute Gasteiger partial charge is 0.370 e. The van der Waals surface area contributed by atoms with Gasteiger partial charge < -0.3 is 4.90 Å². The number of hydrogen-bond donors (Lipinski definition) is 1. The minimum atomic E-state index is -3.51. The summed E-state index contributed by atoms with van der Waals surface area (Å²) in [5, 5.41) is 0.413. The molecule has 0 amide bonds. The van der Waals surface area contributed by atoms with Gasteiger partial charge in [0, 0.05) is 30.3 Å². The van der Waals surface area contributed by atoms with E-state index >= 15 is 0 Å². The van der Waals surface area contributed by atoms with Crippen molar-refractivity contribution in [2.75, 3.05) is 24.5 Å². The molecule has 0 spiro atoms. The van der Waals surface area contributed by atoms with Crippen molar-refractivity contribution in [3.8, 4) is 0 Å². The van der Waals surface area contributed by atoms with E-state index in [1.54, 1.807) is 18.2 Å². The van der Waals surface area contributed by atoms with Crippen LogP contribution in [0.2, 0.25) is 5.02 Å². The highest BCUT2D eigenvalue weighted by molar-refractivity contribution is 7.89. The maximum absolute atomic E-state index is 12.2. The Morgan fingerprint density at radius 1 is 1.14 bits per heavy atom. The van der Waals surface area contributed by atoms with Crippen LogP contribution in [0.25, 0.3) is 0 Å². The van der Waals surface area contributed by atoms with Crippen LogP contribution in [0.4, 0.5) is 5.69 Å². The van der Waals surface area contributed by atoms with Crippen molar-refractivity contribution in [3.63, 3.8) is 0 Å². The first-order valence-corrected chi connectivity index (χ1v) is 9.00. The molecule has 0 atom stereocenters. The summed E-state index contributed by atoms with van der Waals surface area (Å²) in [6.45, 7) is 1.94. The molecule has 0 aromatic heterocycles. The fourth-order valence-electron chi connectivity index (χ4n) is 2.67. The van der Waals surface area contributed by atoms with Crippen LogP contribution in [0.1, 0.15) is 5.56 Å². The van der Waals surface area contributed by atoms with Crippen LogP contribution in [-0.4, -0.2) is 28.1 Å². The maximum Gasteiger partial charge on any atom is 0.240 e. The third kappa shape index (κ3) is 3.27. The van der Waals surface area contributed by atoms with Gasteiger partial charge in [0.05, 0.1) is 4.90 Å². The molecule has 2 aromatic rings. The van der Waals surface area contributed by atoms with Crippen LogP contribution in [0.5, 0.6) is 0 Å². The zero-order chi connectivity index (χ0) is 15.6. The third-order valence-electron chi connectivity index (χ3n) is 3.76. The van der Waals surface area contributed by atoms with Crippen LogP contribution in [0, 0.1) is 0 Å². The number of nitrogens with zero attached hydrogens (tertiary/aromatic N) is 1. The van der Waals surface area contributed by atoms with E-state index in [-0.39, 0.29) is 4.90 Å². The van der Waals surface area contributed by atoms with E-state index < -0.39 is 10.0 Å². The summed E-state index contributed by atoms with van der Waals surface area (Å²) in [5.41, 5.74) is 2.52. The Hall–Kier alpha value is -1.56. The fraction of sp³-hybridized carbons (Fsp3) is 0.250. The summed E-state index contributed by atoms with van der Waals surface area (Å²) >= 11 is 5.84. The molecule has 116 valence electrons. The van der Waals surface area contributed by atoms with E-state index in [1.807, 2.05) is 12.1 Å². The van der Waals surface area contributed by atoms with Crippen molar-refractivity contribution in [2.24, 2.45) is 0 Å². The van der Waals surface area contributed by atoms with Gasteiger partial charge in [0.2, 0.25) is 10.0 Å². The molecule has 1 aliphatic rings. The summed E-state index contributed by atoms with van der Waals surface area (Å²) in [5.74, 6) is 0. The second-order valence-electron chi connectivity index (χ2n) is 5.22. The summed E-state index contributed by atoms with van der Waals surface area (Å²) in [4.78, 5) is 2.40. The number of benzene rings is 2. The first-order chi connectivity index (χ1) is 10.6. The van der Waals surface area contributed by atoms with Crippen molar-refractivity contribution in [2.45, 2.75) is 11.3 Å². The monoisotopic (exact) mass is 336 g/mol. The number of anilines is 1. The number of halogens is 1. The van der Waals surface area contributed by atoms with Gasteiger partial charge in [-0.25, -0.2) is 13.1 Å². The Bertz CT molecular complexity index is 777. The average molecular weight is 337 g/mol. The van der Waals surface area contributed by atoms with Crippen LogP contribution >= 0.6 is 11.6 Å². The van der Waals surface area contributed by atoms with Crippen molar-refractivity contribution < 1.29 is 8.42 Å². The van der Waals surface area contributed by atoms with Crippen LogP contribution < -0.4 is 9.62 Å². The summed E-state index contributed by atoms with van der Waals surface area (Å²) < 4.78 is 27.1. The Labute approximate surface area is 135 Å². The van der Waals surface area contributed by atoms with Crippen molar-refractivity contribution in [1.29, 1.82) is 0 Å². The molecular weight excluding hydrogens is 320 g/mol. The summed E-state index contributed by atoms with van der Waals surface area (Å²) in [6, 6.07) is 14.5. The molecule has 0 radical (unpaired) electrons. The Morgan fingerprint density at radius 2 is 1.95 bits per heavy atom. The zero-order valence-corrected chi connectivity index (χ0v) is 13.6. The molecule has 4 nitrogen and oxygen atoms in total. The van der Waals surface area contributed by atoms with Crippen molar-refractivity contribution in [3.05, 3.63) is 59.1 Å². The standard InChI is InChI=1S/C16H17ClN2O2S/c17-14-5-3-6-15(12-14)22(20,21)18-9-11-19-10-8-13-4-1-2-7-16(13)19/h1-7,12,18H,8-11H2. The maximum atomic E-state index is 12.2. The van der Waals surface area contributed by atoms with Gasteiger partial charge in [-0.3, -0.25) is 0 Å². The van der Waals surface area contributed by atoms with Gasteiger partial charge in [0.1, 0.15) is 0 Å². The molecule has 6 heteroatoms. The number of nitrogens with one attached hydrogen (secondary N) is 1. The van der Waals surface area contributed by atoms with E-state index in [0.717, 1.165) is 13.0 Å². The van der Waals surface area contributed by atoms with Crippen molar-refractivity contribution in [1.82, 2.24) is 4.72 Å². The van der Waals surface area contributed by atoms with Crippen molar-refractivity contribution >= 4 is 27.3 Å². The molecule has 1 N–H and O–H groups in total. The highest BCUT2D eigenvalue weighted by Crippen LogP contribution is 2.26. The molecule has 3 rings (SSSR count). The van der Waals surface area contributed by atoms with Crippen LogP contribution in [0.15, 0.2) is 53.4 Å². The molecule has 0 fully saturated rings. The van der Waals surface area contributed by atoms with Gasteiger partial charge in [0.25, 0.3) is 0 Å². The molecule has 1 heterocycles. The summed E-state index contributed by atoms with van der Waals surface area (Å²) in [6.07, 6.45) is 1.01. The number of fused-ring (bicyclic) bond motifs is 1. The van der Waals surface area contributed by atoms with Gasteiger partial charge in [-0.05, 0) is 36.2 Å². The first-order valence-electron chi connectivity index (χ1n) is 7.14. The van der Waals surface area contributed by atoms with Gasteiger partial charge >= 0.3 is 0 Å². The number of para-hydroxylation sites is 1. The van der Waals surface area contributed by atoms with E-state index in [9.17, 15) is 8.42 Å². The topological polar surface area (TPSA) is 49.4 Å². The first kappa shape index (κ1) is 15.3. The minimum absolute atomic E-state index is 0.196. The smallest absolute Gasteiger partial charge is 0.240 e. The van der Waals surface area contributed by atoms with E-state index in [1.165, 1.54) is 17.3 Å². The minimum Gasteiger partial charge on any atom is -0.370 e. The molecule has 1 aliphatic heterocycles. The van der Waals surface area contributed by atoms with Gasteiger partial charge in [0.15, 0.2) is 0 Å². The normalized spacial score (nSPS) is 14.1. The third-order valence-corrected chi connectivity index (χ3v) is 5.46. The van der Waals surface area contributed by atoms with E-state index in [4.69, 9.17) is 11.6 Å². The molecule has 0 aliphatic carbocycles. The predicted molar refractivity (Wildman–Crippen MR) is 89.0 cm³/mol. The molecule has 0 bridgehead atoms. The molecular formula is C16H17ClN2O2S. The van der Waals surface area contributed by atoms with E-state index in [2.05, 4.69) is 21.8 Å². The molecule has 0 unspecified atom stereocenters. The molecule has 0 saturated carbocycles. The fourth-order valence-corrected chi connectivity index (χ4v) is 3.99. The molecule has 22 heavy (non-hydrogen) atoms. The van der Waals surface area contributed by atoms with Crippen LogP contribution in [0.3, 0.4) is 0 Å². The highest BCUT2D eigenvalue weighted by atomic mass is 35.5. The Balaban J connectivity index is 1.62. The number of sulfonamides is 1. The lowest BCUT2D eigenvalue weighted by Gasteiger charge is -2.19. The second-order valence-corrected chi connectivity index (χ2v) is 7.42. The molecule has 2 aromatic carbocycles. The van der Waals surface area contributed by atoms with Crippen LogP contribution in [-0.2, 0) is 16.4 Å². The zero-order valence-electron chi connectivity index (χ0n) is 12.0. The lowest BCUT2D eigenvalue weighted by Crippen LogP contribution is -2.34. The predicted octanol–water partition coefficient (Wildman–Crippen LogP) is 2.68. The summed E-state index contributed by atoms with van der Waals surface area (Å²) in [7, 11) is -3.51. The number of hydrogen-bond acceptors (Lipinski definition) is 3. The second kappa shape index (κ2) is 6.28. The van der Waals surface area contributed by atoms with E-state index in [0.29, 0.717) is 18.1 Å². The lowest BCUT2D eigenvalue weighted by molar-refractivity contribution is 0.581. The highest BCUT2D eigenvalue weighted by Gasteiger charge is 2.19. The average Bonchev–Trinajstić information content (AvgIpc) is 2.91. The molecule has 0 saturated heterocycles. The van der Waals surface area contributed by atoms with Gasteiger partial charge in [-0.1, -0.05) is 35.9 Å². The van der Waals surface area contributed by atoms with Gasteiger partial charge in [-0.2, -0.15) is 0 Å². The quantitative estimate of drug-likeness (QED) is 0.913. The number of rotatable bonds is 5. The lowest BCUT2D eigenvalue weighted by atomic mass is 10.2. The van der Waals surface area contributed by atoms with Gasteiger partial charge in [-0.15, -0.1) is 0 Å². The SMILES string of the molecule is O=S(=O)(NCCN1CCc2ccccc21)c1cccc(Cl)c1. The Kier molecular flexibility index (Phi) is 4.38.